The van der Waals surface area contributed by atoms with Crippen LogP contribution in [-0.4, -0.2) is 36.1 Å². The van der Waals surface area contributed by atoms with Crippen LogP contribution in [0.1, 0.15) is 16.8 Å². The van der Waals surface area contributed by atoms with E-state index in [9.17, 15) is 18.0 Å². The minimum absolute atomic E-state index is 0.133. The molecule has 0 aliphatic rings. The van der Waals surface area contributed by atoms with Crippen molar-refractivity contribution < 1.29 is 23.1 Å². The second-order valence-corrected chi connectivity index (χ2v) is 3.55. The second-order valence-electron chi connectivity index (χ2n) is 3.55. The van der Waals surface area contributed by atoms with Crippen LogP contribution in [0.15, 0.2) is 12.1 Å². The summed E-state index contributed by atoms with van der Waals surface area (Å²) in [7, 11) is 1.35. The van der Waals surface area contributed by atoms with Gasteiger partial charge in [0, 0.05) is 32.3 Å². The van der Waals surface area contributed by atoms with Gasteiger partial charge in [-0.3, -0.25) is 4.79 Å². The minimum Gasteiger partial charge on any atom is -0.396 e. The molecule has 0 radical (unpaired) electrons. The number of benzene rings is 1. The Hall–Kier alpha value is -1.56. The van der Waals surface area contributed by atoms with Gasteiger partial charge in [0.15, 0.2) is 0 Å². The Balaban J connectivity index is 2.96. The summed E-state index contributed by atoms with van der Waals surface area (Å²) in [6.45, 7) is 0.0254. The third-order valence-corrected chi connectivity index (χ3v) is 2.22. The monoisotopic (exact) mass is 247 g/mol. The van der Waals surface area contributed by atoms with Gasteiger partial charge in [0.05, 0.1) is 0 Å². The fourth-order valence-electron chi connectivity index (χ4n) is 1.35. The van der Waals surface area contributed by atoms with Crippen molar-refractivity contribution in [1.82, 2.24) is 4.90 Å². The van der Waals surface area contributed by atoms with Gasteiger partial charge in [-0.15, -0.1) is 0 Å². The first-order valence-electron chi connectivity index (χ1n) is 4.98. The molecule has 6 heteroatoms. The number of amides is 1. The molecule has 1 N–H and O–H groups in total. The van der Waals surface area contributed by atoms with Crippen molar-refractivity contribution in [3.8, 4) is 0 Å². The average Bonchev–Trinajstić information content (AvgIpc) is 2.24. The maximum absolute atomic E-state index is 13.3. The molecule has 1 amide bonds. The predicted molar refractivity (Wildman–Crippen MR) is 55.0 cm³/mol. The van der Waals surface area contributed by atoms with E-state index in [-0.39, 0.29) is 13.2 Å². The molecule has 1 aromatic rings. The Bertz CT molecular complexity index is 400. The summed E-state index contributed by atoms with van der Waals surface area (Å²) < 4.78 is 39.2. The highest BCUT2D eigenvalue weighted by molar-refractivity contribution is 5.94. The summed E-state index contributed by atoms with van der Waals surface area (Å²) in [6, 6.07) is 0.909. The summed E-state index contributed by atoms with van der Waals surface area (Å²) in [5, 5.41) is 8.58. The fraction of sp³-hybridized carbons (Fsp3) is 0.364. The van der Waals surface area contributed by atoms with Crippen molar-refractivity contribution in [2.75, 3.05) is 20.2 Å². The third-order valence-electron chi connectivity index (χ3n) is 2.22. The van der Waals surface area contributed by atoms with Crippen LogP contribution in [-0.2, 0) is 0 Å². The molecule has 0 aromatic heterocycles. The normalized spacial score (nSPS) is 10.4. The zero-order valence-corrected chi connectivity index (χ0v) is 9.21. The predicted octanol–water partition coefficient (Wildman–Crippen LogP) is 1.56. The zero-order valence-electron chi connectivity index (χ0n) is 9.21. The van der Waals surface area contributed by atoms with Gasteiger partial charge < -0.3 is 10.0 Å². The number of halogens is 3. The van der Waals surface area contributed by atoms with E-state index >= 15 is 0 Å². The fourth-order valence-corrected chi connectivity index (χ4v) is 1.35. The number of nitrogens with zero attached hydrogens (tertiary/aromatic N) is 1. The number of carbonyl (C=O) groups is 1. The Morgan fingerprint density at radius 3 is 2.29 bits per heavy atom. The smallest absolute Gasteiger partial charge is 0.259 e. The molecular weight excluding hydrogens is 235 g/mol. The van der Waals surface area contributed by atoms with Crippen LogP contribution in [0.3, 0.4) is 0 Å². The van der Waals surface area contributed by atoms with Gasteiger partial charge in [-0.25, -0.2) is 13.2 Å². The quantitative estimate of drug-likeness (QED) is 0.877. The van der Waals surface area contributed by atoms with Crippen molar-refractivity contribution >= 4 is 5.91 Å². The van der Waals surface area contributed by atoms with E-state index in [2.05, 4.69) is 0 Å². The number of hydrogen-bond donors (Lipinski definition) is 1. The van der Waals surface area contributed by atoms with Gasteiger partial charge >= 0.3 is 0 Å². The molecule has 1 rings (SSSR count). The van der Waals surface area contributed by atoms with Gasteiger partial charge in [0.1, 0.15) is 23.0 Å². The van der Waals surface area contributed by atoms with Crippen LogP contribution in [0.4, 0.5) is 13.2 Å². The lowest BCUT2D eigenvalue weighted by molar-refractivity contribution is 0.0776. The first-order chi connectivity index (χ1) is 7.97. The molecule has 0 aliphatic heterocycles. The van der Waals surface area contributed by atoms with Gasteiger partial charge in [-0.1, -0.05) is 0 Å². The summed E-state index contributed by atoms with van der Waals surface area (Å²) >= 11 is 0. The SMILES string of the molecule is CN(CCCO)C(=O)c1c(F)cc(F)cc1F. The average molecular weight is 247 g/mol. The van der Waals surface area contributed by atoms with Crippen LogP contribution in [0.2, 0.25) is 0 Å². The third kappa shape index (κ3) is 3.20. The Morgan fingerprint density at radius 2 is 1.82 bits per heavy atom. The molecule has 0 atom stereocenters. The van der Waals surface area contributed by atoms with Crippen LogP contribution in [0, 0.1) is 17.5 Å². The highest BCUT2D eigenvalue weighted by Gasteiger charge is 2.21. The highest BCUT2D eigenvalue weighted by atomic mass is 19.1. The topological polar surface area (TPSA) is 40.5 Å². The molecule has 17 heavy (non-hydrogen) atoms. The number of hydrogen-bond acceptors (Lipinski definition) is 2. The molecule has 0 saturated carbocycles. The van der Waals surface area contributed by atoms with Crippen molar-refractivity contribution in [3.05, 3.63) is 35.1 Å². The van der Waals surface area contributed by atoms with E-state index in [1.54, 1.807) is 0 Å². The van der Waals surface area contributed by atoms with E-state index in [1.807, 2.05) is 0 Å². The number of aliphatic hydroxyl groups excluding tert-OH is 1. The number of rotatable bonds is 4. The molecule has 0 saturated heterocycles. The summed E-state index contributed by atoms with van der Waals surface area (Å²) in [4.78, 5) is 12.7. The van der Waals surface area contributed by atoms with Crippen LogP contribution in [0.25, 0.3) is 0 Å². The van der Waals surface area contributed by atoms with Crippen molar-refractivity contribution in [2.45, 2.75) is 6.42 Å². The number of aliphatic hydroxyl groups is 1. The van der Waals surface area contributed by atoms with Crippen LogP contribution < -0.4 is 0 Å². The van der Waals surface area contributed by atoms with E-state index < -0.39 is 28.9 Å². The Morgan fingerprint density at radius 1 is 1.29 bits per heavy atom. The molecule has 0 bridgehead atoms. The zero-order chi connectivity index (χ0) is 13.0. The van der Waals surface area contributed by atoms with Crippen molar-refractivity contribution in [2.24, 2.45) is 0 Å². The van der Waals surface area contributed by atoms with E-state index in [1.165, 1.54) is 7.05 Å². The lowest BCUT2D eigenvalue weighted by Gasteiger charge is -2.17. The molecule has 0 spiro atoms. The van der Waals surface area contributed by atoms with Gasteiger partial charge in [-0.05, 0) is 6.42 Å². The standard InChI is InChI=1S/C11H12F3NO2/c1-15(3-2-4-16)11(17)10-8(13)5-7(12)6-9(10)14/h5-6,16H,2-4H2,1H3. The van der Waals surface area contributed by atoms with Gasteiger partial charge in [0.2, 0.25) is 0 Å². The Kier molecular flexibility index (Phi) is 4.51. The maximum atomic E-state index is 13.3. The van der Waals surface area contributed by atoms with E-state index in [4.69, 9.17) is 5.11 Å². The minimum atomic E-state index is -1.23. The van der Waals surface area contributed by atoms with Crippen molar-refractivity contribution in [3.63, 3.8) is 0 Å². The molecule has 0 fully saturated rings. The molecule has 3 nitrogen and oxygen atoms in total. The molecular formula is C11H12F3NO2. The molecule has 0 aliphatic carbocycles. The molecule has 0 unspecified atom stereocenters. The first kappa shape index (κ1) is 13.5. The second kappa shape index (κ2) is 5.67. The highest BCUT2D eigenvalue weighted by Crippen LogP contribution is 2.16. The van der Waals surface area contributed by atoms with Gasteiger partial charge in [-0.2, -0.15) is 0 Å². The molecule has 1 aromatic carbocycles. The van der Waals surface area contributed by atoms with Crippen LogP contribution in [0.5, 0.6) is 0 Å². The summed E-state index contributed by atoms with van der Waals surface area (Å²) in [5.74, 6) is -4.42. The van der Waals surface area contributed by atoms with Crippen LogP contribution >= 0.6 is 0 Å². The van der Waals surface area contributed by atoms with E-state index in [0.717, 1.165) is 4.90 Å². The first-order valence-corrected chi connectivity index (χ1v) is 4.98. The summed E-state index contributed by atoms with van der Waals surface area (Å²) in [5.41, 5.74) is -0.785. The molecule has 0 heterocycles. The lowest BCUT2D eigenvalue weighted by atomic mass is 10.1. The maximum Gasteiger partial charge on any atom is 0.259 e. The molecule has 94 valence electrons. The Labute approximate surface area is 96.5 Å². The van der Waals surface area contributed by atoms with Crippen molar-refractivity contribution in [1.29, 1.82) is 0 Å². The summed E-state index contributed by atoms with van der Waals surface area (Å²) in [6.07, 6.45) is 0.298. The van der Waals surface area contributed by atoms with E-state index in [0.29, 0.717) is 18.6 Å². The number of carbonyl (C=O) groups excluding carboxylic acids is 1. The lowest BCUT2D eigenvalue weighted by Crippen LogP contribution is -2.30. The van der Waals surface area contributed by atoms with Gasteiger partial charge in [0.25, 0.3) is 5.91 Å². The largest absolute Gasteiger partial charge is 0.396 e.